The van der Waals surface area contributed by atoms with Crippen LogP contribution in [0.2, 0.25) is 0 Å². The number of rotatable bonds is 8. The van der Waals surface area contributed by atoms with Crippen LogP contribution in [0.25, 0.3) is 10.9 Å². The van der Waals surface area contributed by atoms with Gasteiger partial charge < -0.3 is 19.8 Å². The van der Waals surface area contributed by atoms with Crippen LogP contribution in [-0.4, -0.2) is 35.6 Å². The minimum absolute atomic E-state index is 0.00765. The molecule has 1 aromatic heterocycles. The molecule has 0 spiro atoms. The zero-order valence-corrected chi connectivity index (χ0v) is 17.4. The van der Waals surface area contributed by atoms with Crippen molar-refractivity contribution in [3.63, 3.8) is 0 Å². The normalized spacial score (nSPS) is 12.2. The zero-order chi connectivity index (χ0) is 21.8. The molecule has 0 amide bonds. The number of carbonyl (C=O) groups is 1. The summed E-state index contributed by atoms with van der Waals surface area (Å²) in [4.78, 5) is 26.6. The van der Waals surface area contributed by atoms with E-state index in [2.05, 4.69) is 10.3 Å². The van der Waals surface area contributed by atoms with E-state index >= 15 is 0 Å². The molecule has 0 unspecified atom stereocenters. The Labute approximate surface area is 174 Å². The molecule has 0 radical (unpaired) electrons. The van der Waals surface area contributed by atoms with E-state index < -0.39 is 16.9 Å². The fraction of sp³-hybridized carbons (Fsp3) is 0.318. The highest BCUT2D eigenvalue weighted by molar-refractivity contribution is 5.99. The van der Waals surface area contributed by atoms with Gasteiger partial charge in [0.15, 0.2) is 0 Å². The van der Waals surface area contributed by atoms with Crippen LogP contribution in [0.15, 0.2) is 42.5 Å². The number of nitrogens with zero attached hydrogens (tertiary/aromatic N) is 1. The number of ether oxygens (including phenoxy) is 2. The summed E-state index contributed by atoms with van der Waals surface area (Å²) in [5.74, 6) is 0.199. The van der Waals surface area contributed by atoms with E-state index in [1.165, 1.54) is 12.1 Å². The zero-order valence-electron chi connectivity index (χ0n) is 17.4. The Morgan fingerprint density at radius 3 is 2.47 bits per heavy atom. The second-order valence-corrected chi connectivity index (χ2v) is 7.15. The summed E-state index contributed by atoms with van der Waals surface area (Å²) < 4.78 is 10.7. The summed E-state index contributed by atoms with van der Waals surface area (Å²) in [6, 6.07) is 11.5. The van der Waals surface area contributed by atoms with Gasteiger partial charge >= 0.3 is 5.97 Å². The number of methoxy groups -OCH3 is 1. The van der Waals surface area contributed by atoms with Crippen molar-refractivity contribution in [3.8, 4) is 5.75 Å². The van der Waals surface area contributed by atoms with Gasteiger partial charge in [0, 0.05) is 34.6 Å². The maximum absolute atomic E-state index is 12.8. The molecule has 2 N–H and O–H groups in total. The lowest BCUT2D eigenvalue weighted by atomic mass is 9.94. The number of hydrogen-bond donors (Lipinski definition) is 2. The fourth-order valence-corrected chi connectivity index (χ4v) is 3.45. The van der Waals surface area contributed by atoms with Crippen LogP contribution < -0.4 is 10.1 Å². The van der Waals surface area contributed by atoms with Gasteiger partial charge in [0.2, 0.25) is 0 Å². The number of fused-ring (bicyclic) bond motifs is 1. The summed E-state index contributed by atoms with van der Waals surface area (Å²) in [5.41, 5.74) is 2.63. The van der Waals surface area contributed by atoms with Gasteiger partial charge in [-0.25, -0.2) is 4.79 Å². The van der Waals surface area contributed by atoms with Crippen molar-refractivity contribution in [1.82, 2.24) is 10.3 Å². The number of H-pyrrole nitrogens is 1. The lowest BCUT2D eigenvalue weighted by Crippen LogP contribution is -2.30. The molecule has 0 saturated heterocycles. The molecule has 0 saturated carbocycles. The Morgan fingerprint density at radius 1 is 1.20 bits per heavy atom. The lowest BCUT2D eigenvalue weighted by molar-refractivity contribution is -0.384. The second kappa shape index (κ2) is 8.96. The Hall–Kier alpha value is -3.39. The Balaban J connectivity index is 2.24. The third-order valence-electron chi connectivity index (χ3n) is 4.75. The first-order chi connectivity index (χ1) is 14.3. The summed E-state index contributed by atoms with van der Waals surface area (Å²) in [6.07, 6.45) is 0. The van der Waals surface area contributed by atoms with Crippen molar-refractivity contribution in [3.05, 3.63) is 69.4 Å². The molecular weight excluding hydrogens is 386 g/mol. The van der Waals surface area contributed by atoms with Crippen LogP contribution in [0, 0.1) is 10.1 Å². The monoisotopic (exact) mass is 411 g/mol. The molecule has 0 aliphatic heterocycles. The number of nitro benzene ring substituents is 1. The maximum atomic E-state index is 12.8. The molecule has 2 aromatic carbocycles. The van der Waals surface area contributed by atoms with E-state index in [1.54, 1.807) is 26.2 Å². The molecule has 0 bridgehead atoms. The summed E-state index contributed by atoms with van der Waals surface area (Å²) in [6.45, 7) is 6.00. The molecule has 8 nitrogen and oxygen atoms in total. The van der Waals surface area contributed by atoms with Crippen LogP contribution in [-0.2, 0) is 4.74 Å². The molecule has 1 atom stereocenters. The number of non-ortho nitro benzene ring substituents is 1. The quantitative estimate of drug-likeness (QED) is 0.324. The Bertz CT molecular complexity index is 1060. The van der Waals surface area contributed by atoms with E-state index in [9.17, 15) is 14.9 Å². The number of nitro groups is 1. The minimum Gasteiger partial charge on any atom is -0.497 e. The van der Waals surface area contributed by atoms with Gasteiger partial charge in [0.1, 0.15) is 11.4 Å². The molecule has 3 rings (SSSR count). The van der Waals surface area contributed by atoms with Gasteiger partial charge in [-0.05, 0) is 44.5 Å². The number of benzene rings is 2. The number of aromatic nitrogens is 1. The van der Waals surface area contributed by atoms with Gasteiger partial charge in [-0.2, -0.15) is 0 Å². The highest BCUT2D eigenvalue weighted by Gasteiger charge is 2.28. The van der Waals surface area contributed by atoms with Gasteiger partial charge in [-0.1, -0.05) is 12.1 Å². The molecule has 3 aromatic rings. The first-order valence-corrected chi connectivity index (χ1v) is 9.72. The van der Waals surface area contributed by atoms with Crippen LogP contribution >= 0.6 is 0 Å². The fourth-order valence-electron chi connectivity index (χ4n) is 3.45. The van der Waals surface area contributed by atoms with Crippen LogP contribution in [0.3, 0.4) is 0 Å². The average molecular weight is 411 g/mol. The van der Waals surface area contributed by atoms with Crippen molar-refractivity contribution in [2.24, 2.45) is 0 Å². The van der Waals surface area contributed by atoms with Crippen molar-refractivity contribution >= 4 is 22.6 Å². The molecule has 158 valence electrons. The number of esters is 1. The summed E-state index contributed by atoms with van der Waals surface area (Å²) in [7, 11) is 1.58. The predicted molar refractivity (Wildman–Crippen MR) is 114 cm³/mol. The van der Waals surface area contributed by atoms with E-state index in [1.807, 2.05) is 32.0 Å². The number of nitrogens with one attached hydrogen (secondary N) is 2. The average Bonchev–Trinajstić information content (AvgIpc) is 3.10. The standard InChI is InChI=1S/C22H25N3O5/c1-5-30-22(26)21-19(17-12-16(29-4)10-11-18(17)24-21)20(23-13(2)3)14-6-8-15(9-7-14)25(27)28/h6-13,20,23-24H,5H2,1-4H3/t20-/m1/s1. The highest BCUT2D eigenvalue weighted by Crippen LogP contribution is 2.35. The third kappa shape index (κ3) is 4.28. The van der Waals surface area contributed by atoms with E-state index in [-0.39, 0.29) is 18.3 Å². The number of hydrogen-bond acceptors (Lipinski definition) is 6. The SMILES string of the molecule is CCOC(=O)c1[nH]c2ccc(OC)cc2c1[C@H](NC(C)C)c1ccc([N+](=O)[O-])cc1. The smallest absolute Gasteiger partial charge is 0.355 e. The molecule has 0 aliphatic carbocycles. The molecular formula is C22H25N3O5. The molecule has 0 aliphatic rings. The van der Waals surface area contributed by atoms with Gasteiger partial charge in [-0.3, -0.25) is 10.1 Å². The Kier molecular flexibility index (Phi) is 6.37. The lowest BCUT2D eigenvalue weighted by Gasteiger charge is -2.23. The predicted octanol–water partition coefficient (Wildman–Crippen LogP) is 4.35. The maximum Gasteiger partial charge on any atom is 0.355 e. The van der Waals surface area contributed by atoms with E-state index in [0.717, 1.165) is 16.5 Å². The number of aromatic amines is 1. The van der Waals surface area contributed by atoms with Crippen molar-refractivity contribution in [2.75, 3.05) is 13.7 Å². The number of carbonyl (C=O) groups excluding carboxylic acids is 1. The van der Waals surface area contributed by atoms with Gasteiger partial charge in [0.05, 0.1) is 24.7 Å². The van der Waals surface area contributed by atoms with Gasteiger partial charge in [0.25, 0.3) is 5.69 Å². The second-order valence-electron chi connectivity index (χ2n) is 7.15. The highest BCUT2D eigenvalue weighted by atomic mass is 16.6. The summed E-state index contributed by atoms with van der Waals surface area (Å²) >= 11 is 0. The summed E-state index contributed by atoms with van der Waals surface area (Å²) in [5, 5.41) is 15.3. The van der Waals surface area contributed by atoms with Crippen LogP contribution in [0.1, 0.15) is 48.4 Å². The molecule has 30 heavy (non-hydrogen) atoms. The van der Waals surface area contributed by atoms with Gasteiger partial charge in [-0.15, -0.1) is 0 Å². The van der Waals surface area contributed by atoms with E-state index in [4.69, 9.17) is 9.47 Å². The van der Waals surface area contributed by atoms with Crippen LogP contribution in [0.4, 0.5) is 5.69 Å². The van der Waals surface area contributed by atoms with E-state index in [0.29, 0.717) is 17.0 Å². The Morgan fingerprint density at radius 2 is 1.90 bits per heavy atom. The largest absolute Gasteiger partial charge is 0.497 e. The van der Waals surface area contributed by atoms with Crippen LogP contribution in [0.5, 0.6) is 5.75 Å². The minimum atomic E-state index is -0.458. The third-order valence-corrected chi connectivity index (χ3v) is 4.75. The van der Waals surface area contributed by atoms with Crippen molar-refractivity contribution in [1.29, 1.82) is 0 Å². The first kappa shape index (κ1) is 21.3. The topological polar surface area (TPSA) is 106 Å². The van der Waals surface area contributed by atoms with Crippen molar-refractivity contribution < 1.29 is 19.2 Å². The molecule has 0 fully saturated rings. The van der Waals surface area contributed by atoms with Crippen molar-refractivity contribution in [2.45, 2.75) is 32.9 Å². The molecule has 8 heteroatoms. The molecule has 1 heterocycles. The first-order valence-electron chi connectivity index (χ1n) is 9.72.